The Balaban J connectivity index is 1.45. The van der Waals surface area contributed by atoms with Gasteiger partial charge in [-0.05, 0) is 28.8 Å². The molecule has 1 amide bonds. The lowest BCUT2D eigenvalue weighted by Gasteiger charge is -2.33. The van der Waals surface area contributed by atoms with Crippen LogP contribution in [0.2, 0.25) is 0 Å². The normalized spacial score (nSPS) is 14.8. The molecule has 33 heavy (non-hydrogen) atoms. The van der Waals surface area contributed by atoms with E-state index in [0.717, 1.165) is 28.7 Å². The van der Waals surface area contributed by atoms with Crippen molar-refractivity contribution < 1.29 is 23.8 Å². The highest BCUT2D eigenvalue weighted by molar-refractivity contribution is 5.99. The van der Waals surface area contributed by atoms with Crippen molar-refractivity contribution in [3.05, 3.63) is 89.6 Å². The molecule has 1 fully saturated rings. The summed E-state index contributed by atoms with van der Waals surface area (Å²) < 4.78 is 10.5. The number of aromatic carboxylic acids is 1. The van der Waals surface area contributed by atoms with Crippen LogP contribution in [-0.4, -0.2) is 65.1 Å². The molecular formula is C25H25N3O5. The van der Waals surface area contributed by atoms with Crippen LogP contribution in [0.1, 0.15) is 27.5 Å². The van der Waals surface area contributed by atoms with Crippen LogP contribution in [0.15, 0.2) is 71.4 Å². The maximum Gasteiger partial charge on any atom is 0.357 e. The van der Waals surface area contributed by atoms with Crippen LogP contribution in [0.3, 0.4) is 0 Å². The first-order valence-corrected chi connectivity index (χ1v) is 10.6. The van der Waals surface area contributed by atoms with E-state index in [0.29, 0.717) is 38.6 Å². The molecule has 1 aliphatic rings. The van der Waals surface area contributed by atoms with Crippen molar-refractivity contribution >= 4 is 17.4 Å². The summed E-state index contributed by atoms with van der Waals surface area (Å²) in [5, 5.41) is 8.97. The quantitative estimate of drug-likeness (QED) is 0.556. The number of oxazole rings is 1. The average molecular weight is 447 g/mol. The smallest absolute Gasteiger partial charge is 0.357 e. The van der Waals surface area contributed by atoms with Crippen molar-refractivity contribution in [2.24, 2.45) is 0 Å². The van der Waals surface area contributed by atoms with Crippen LogP contribution >= 0.6 is 0 Å². The summed E-state index contributed by atoms with van der Waals surface area (Å²) in [5.41, 5.74) is 2.66. The van der Waals surface area contributed by atoms with Crippen LogP contribution in [0.25, 0.3) is 5.57 Å². The second kappa shape index (κ2) is 10.1. The summed E-state index contributed by atoms with van der Waals surface area (Å²) in [5.74, 6) is -0.0417. The van der Waals surface area contributed by atoms with E-state index in [2.05, 4.69) is 9.88 Å². The Hall–Kier alpha value is -3.91. The lowest BCUT2D eigenvalue weighted by Crippen LogP contribution is -2.47. The summed E-state index contributed by atoms with van der Waals surface area (Å²) in [4.78, 5) is 32.0. The van der Waals surface area contributed by atoms with E-state index in [1.807, 2.05) is 59.5 Å². The Morgan fingerprint density at radius 1 is 1.03 bits per heavy atom. The number of amides is 1. The number of hydrogen-bond donors (Lipinski definition) is 1. The van der Waals surface area contributed by atoms with Crippen molar-refractivity contribution in [2.75, 3.05) is 33.3 Å². The highest BCUT2D eigenvalue weighted by Crippen LogP contribution is 2.26. The summed E-state index contributed by atoms with van der Waals surface area (Å²) in [6.07, 6.45) is 2.84. The SMILES string of the molecule is COc1ccc(/C(=C\C(=O)N2CCN(Cc3nc(C(=O)O)co3)CC2)c2ccccc2)cc1. The Bertz CT molecular complexity index is 1130. The van der Waals surface area contributed by atoms with E-state index in [1.165, 1.54) is 0 Å². The van der Waals surface area contributed by atoms with Crippen molar-refractivity contribution in [3.63, 3.8) is 0 Å². The van der Waals surface area contributed by atoms with E-state index in [1.54, 1.807) is 13.2 Å². The first-order valence-electron chi connectivity index (χ1n) is 10.6. The maximum absolute atomic E-state index is 13.1. The number of hydrogen-bond acceptors (Lipinski definition) is 6. The fourth-order valence-electron chi connectivity index (χ4n) is 3.74. The van der Waals surface area contributed by atoms with Gasteiger partial charge in [-0.25, -0.2) is 9.78 Å². The number of piperazine rings is 1. The summed E-state index contributed by atoms with van der Waals surface area (Å²) >= 11 is 0. The minimum atomic E-state index is -1.11. The third-order valence-corrected chi connectivity index (χ3v) is 5.57. The maximum atomic E-state index is 13.1. The fraction of sp³-hybridized carbons (Fsp3) is 0.240. The van der Waals surface area contributed by atoms with Crippen molar-refractivity contribution in [3.8, 4) is 5.75 Å². The molecule has 3 aromatic rings. The van der Waals surface area contributed by atoms with Crippen LogP contribution < -0.4 is 4.74 Å². The molecule has 0 atom stereocenters. The molecule has 0 radical (unpaired) electrons. The number of methoxy groups -OCH3 is 1. The van der Waals surface area contributed by atoms with Crippen molar-refractivity contribution in [1.29, 1.82) is 0 Å². The Morgan fingerprint density at radius 3 is 2.30 bits per heavy atom. The molecular weight excluding hydrogens is 422 g/mol. The average Bonchev–Trinajstić information content (AvgIpc) is 3.32. The summed E-state index contributed by atoms with van der Waals surface area (Å²) in [6.45, 7) is 2.83. The topological polar surface area (TPSA) is 96.1 Å². The van der Waals surface area contributed by atoms with Gasteiger partial charge in [-0.3, -0.25) is 9.69 Å². The van der Waals surface area contributed by atoms with Gasteiger partial charge in [0, 0.05) is 32.3 Å². The van der Waals surface area contributed by atoms with Crippen LogP contribution in [-0.2, 0) is 11.3 Å². The second-order valence-corrected chi connectivity index (χ2v) is 7.69. The first kappa shape index (κ1) is 22.3. The zero-order valence-electron chi connectivity index (χ0n) is 18.3. The van der Waals surface area contributed by atoms with Gasteiger partial charge in [0.15, 0.2) is 5.69 Å². The molecule has 0 bridgehead atoms. The van der Waals surface area contributed by atoms with Gasteiger partial charge in [0.05, 0.1) is 13.7 Å². The summed E-state index contributed by atoms with van der Waals surface area (Å²) in [7, 11) is 1.62. The highest BCUT2D eigenvalue weighted by atomic mass is 16.5. The van der Waals surface area contributed by atoms with Crippen molar-refractivity contribution in [1.82, 2.24) is 14.8 Å². The van der Waals surface area contributed by atoms with Gasteiger partial charge >= 0.3 is 5.97 Å². The first-order chi connectivity index (χ1) is 16.0. The number of carbonyl (C=O) groups is 2. The molecule has 0 spiro atoms. The molecule has 1 N–H and O–H groups in total. The molecule has 0 unspecified atom stereocenters. The molecule has 0 saturated carbocycles. The number of ether oxygens (including phenoxy) is 1. The zero-order valence-corrected chi connectivity index (χ0v) is 18.3. The summed E-state index contributed by atoms with van der Waals surface area (Å²) in [6, 6.07) is 17.5. The lowest BCUT2D eigenvalue weighted by atomic mass is 9.97. The van der Waals surface area contributed by atoms with E-state index in [4.69, 9.17) is 14.3 Å². The number of rotatable bonds is 7. The minimum absolute atomic E-state index is 0.0476. The number of aromatic nitrogens is 1. The molecule has 8 heteroatoms. The number of nitrogens with zero attached hydrogens (tertiary/aromatic N) is 3. The van der Waals surface area contributed by atoms with Crippen molar-refractivity contribution in [2.45, 2.75) is 6.54 Å². The molecule has 1 aromatic heterocycles. The molecule has 1 aliphatic heterocycles. The fourth-order valence-corrected chi connectivity index (χ4v) is 3.74. The second-order valence-electron chi connectivity index (χ2n) is 7.69. The van der Waals surface area contributed by atoms with Gasteiger partial charge in [0.1, 0.15) is 12.0 Å². The molecule has 1 saturated heterocycles. The molecule has 0 aliphatic carbocycles. The highest BCUT2D eigenvalue weighted by Gasteiger charge is 2.22. The Kier molecular flexibility index (Phi) is 6.85. The Labute approximate surface area is 191 Å². The van der Waals surface area contributed by atoms with Crippen LogP contribution in [0.5, 0.6) is 5.75 Å². The predicted octanol–water partition coefficient (Wildman–Crippen LogP) is 3.16. The predicted molar refractivity (Wildman–Crippen MR) is 122 cm³/mol. The molecule has 170 valence electrons. The molecule has 4 rings (SSSR count). The van der Waals surface area contributed by atoms with Gasteiger partial charge in [-0.1, -0.05) is 42.5 Å². The van der Waals surface area contributed by atoms with Gasteiger partial charge < -0.3 is 19.2 Å². The minimum Gasteiger partial charge on any atom is -0.497 e. The number of benzene rings is 2. The van der Waals surface area contributed by atoms with Crippen LogP contribution in [0, 0.1) is 0 Å². The van der Waals surface area contributed by atoms with E-state index >= 15 is 0 Å². The van der Waals surface area contributed by atoms with Crippen LogP contribution in [0.4, 0.5) is 0 Å². The molecule has 2 aromatic carbocycles. The van der Waals surface area contributed by atoms with Gasteiger partial charge in [-0.15, -0.1) is 0 Å². The van der Waals surface area contributed by atoms with E-state index < -0.39 is 5.97 Å². The number of carboxylic acids is 1. The third-order valence-electron chi connectivity index (χ3n) is 5.57. The standard InChI is InChI=1S/C25H25N3O5/c1-32-20-9-7-19(8-10-20)21(18-5-3-2-4-6-18)15-24(29)28-13-11-27(12-14-28)16-23-26-22(17-33-23)25(30)31/h2-10,15,17H,11-14,16H2,1H3,(H,30,31)/b21-15-. The number of carbonyl (C=O) groups excluding carboxylic acids is 1. The molecule has 2 heterocycles. The zero-order chi connectivity index (χ0) is 23.2. The molecule has 8 nitrogen and oxygen atoms in total. The van der Waals surface area contributed by atoms with E-state index in [9.17, 15) is 9.59 Å². The number of carboxylic acid groups (broad SMARTS) is 1. The van der Waals surface area contributed by atoms with Gasteiger partial charge in [0.2, 0.25) is 11.8 Å². The van der Waals surface area contributed by atoms with Gasteiger partial charge in [-0.2, -0.15) is 0 Å². The third kappa shape index (κ3) is 5.48. The monoisotopic (exact) mass is 447 g/mol. The Morgan fingerprint density at radius 2 is 1.70 bits per heavy atom. The largest absolute Gasteiger partial charge is 0.497 e. The van der Waals surface area contributed by atoms with E-state index in [-0.39, 0.29) is 11.6 Å². The lowest BCUT2D eigenvalue weighted by molar-refractivity contribution is -0.127. The van der Waals surface area contributed by atoms with Gasteiger partial charge in [0.25, 0.3) is 0 Å².